The Balaban J connectivity index is 0.000000417. The molecular weight excluding hydrogens is 288 g/mol. The summed E-state index contributed by atoms with van der Waals surface area (Å²) in [6, 6.07) is 0. The molecule has 2 N–H and O–H groups in total. The van der Waals surface area contributed by atoms with Crippen LogP contribution in [0.25, 0.3) is 0 Å². The van der Waals surface area contributed by atoms with Gasteiger partial charge in [-0.2, -0.15) is 0 Å². The maximum absolute atomic E-state index is 9.92. The number of aliphatic hydroxyl groups excluding tert-OH is 2. The molecule has 7 unspecified atom stereocenters. The van der Waals surface area contributed by atoms with Crippen molar-refractivity contribution in [2.24, 2.45) is 29.1 Å². The van der Waals surface area contributed by atoms with Crippen LogP contribution >= 0.6 is 0 Å². The summed E-state index contributed by atoms with van der Waals surface area (Å²) in [4.78, 5) is 0. The van der Waals surface area contributed by atoms with E-state index in [-0.39, 0.29) is 12.2 Å². The maximum Gasteiger partial charge on any atom is 0.0781 e. The van der Waals surface area contributed by atoms with Gasteiger partial charge in [-0.15, -0.1) is 0 Å². The lowest BCUT2D eigenvalue weighted by atomic mass is 9.58. The molecule has 2 aliphatic carbocycles. The van der Waals surface area contributed by atoms with Crippen molar-refractivity contribution >= 4 is 0 Å². The first-order valence-corrected chi connectivity index (χ1v) is 9.69. The summed E-state index contributed by atoms with van der Waals surface area (Å²) in [5, 5.41) is 19.8. The summed E-state index contributed by atoms with van der Waals surface area (Å²) in [5.74, 6) is 2.37. The molecule has 0 radical (unpaired) electrons. The summed E-state index contributed by atoms with van der Waals surface area (Å²) in [6.07, 6.45) is 7.04. The van der Waals surface area contributed by atoms with Crippen molar-refractivity contribution in [3.05, 3.63) is 0 Å². The van der Waals surface area contributed by atoms with Gasteiger partial charge < -0.3 is 14.9 Å². The molecule has 0 amide bonds. The maximum atomic E-state index is 9.92. The van der Waals surface area contributed by atoms with Crippen LogP contribution in [0.15, 0.2) is 0 Å². The van der Waals surface area contributed by atoms with Crippen molar-refractivity contribution in [1.82, 2.24) is 0 Å². The predicted molar refractivity (Wildman–Crippen MR) is 94.2 cm³/mol. The third-order valence-electron chi connectivity index (χ3n) is 6.85. The highest BCUT2D eigenvalue weighted by molar-refractivity contribution is 4.93. The van der Waals surface area contributed by atoms with Crippen LogP contribution in [0.2, 0.25) is 0 Å². The fraction of sp³-hybridized carbons (Fsp3) is 1.00. The molecule has 7 atom stereocenters. The quantitative estimate of drug-likeness (QED) is 0.754. The predicted octanol–water partition coefficient (Wildman–Crippen LogP) is 4.01. The number of rotatable bonds is 2. The Morgan fingerprint density at radius 3 is 1.39 bits per heavy atom. The van der Waals surface area contributed by atoms with Gasteiger partial charge in [-0.05, 0) is 74.5 Å². The first-order chi connectivity index (χ1) is 10.7. The second kappa shape index (κ2) is 7.84. The van der Waals surface area contributed by atoms with Gasteiger partial charge in [0, 0.05) is 0 Å². The van der Waals surface area contributed by atoms with Crippen molar-refractivity contribution in [3.63, 3.8) is 0 Å². The van der Waals surface area contributed by atoms with Gasteiger partial charge in [0.05, 0.1) is 24.9 Å². The van der Waals surface area contributed by atoms with Gasteiger partial charge in [0.15, 0.2) is 0 Å². The van der Waals surface area contributed by atoms with Crippen LogP contribution in [0.1, 0.15) is 73.1 Å². The van der Waals surface area contributed by atoms with E-state index >= 15 is 0 Å². The first-order valence-electron chi connectivity index (χ1n) is 9.69. The number of epoxide rings is 1. The number of aliphatic hydroxyl groups is 2. The van der Waals surface area contributed by atoms with Gasteiger partial charge in [-0.1, -0.05) is 27.7 Å². The lowest BCUT2D eigenvalue weighted by Gasteiger charge is -2.48. The minimum absolute atomic E-state index is 0.0841. The highest BCUT2D eigenvalue weighted by Gasteiger charge is 2.43. The molecule has 1 heterocycles. The molecule has 0 aromatic rings. The smallest absolute Gasteiger partial charge is 0.0781 e. The van der Waals surface area contributed by atoms with Crippen molar-refractivity contribution in [1.29, 1.82) is 0 Å². The fourth-order valence-corrected chi connectivity index (χ4v) is 4.54. The van der Waals surface area contributed by atoms with Crippen LogP contribution in [0, 0.1) is 29.1 Å². The van der Waals surface area contributed by atoms with Crippen LogP contribution in [0.5, 0.6) is 0 Å². The number of ether oxygens (including phenoxy) is 1. The van der Waals surface area contributed by atoms with Crippen LogP contribution in [-0.2, 0) is 4.74 Å². The molecule has 3 fully saturated rings. The molecule has 0 bridgehead atoms. The Morgan fingerprint density at radius 1 is 0.783 bits per heavy atom. The van der Waals surface area contributed by atoms with Gasteiger partial charge in [0.1, 0.15) is 0 Å². The zero-order chi connectivity index (χ0) is 17.2. The van der Waals surface area contributed by atoms with Crippen molar-refractivity contribution in [2.75, 3.05) is 6.61 Å². The normalized spacial score (nSPS) is 44.2. The van der Waals surface area contributed by atoms with E-state index in [0.717, 1.165) is 31.3 Å². The lowest BCUT2D eigenvalue weighted by molar-refractivity contribution is -0.0334. The lowest BCUT2D eigenvalue weighted by Crippen LogP contribution is -2.42. The van der Waals surface area contributed by atoms with E-state index in [4.69, 9.17) is 4.74 Å². The average molecular weight is 327 g/mol. The van der Waals surface area contributed by atoms with Crippen LogP contribution in [0.3, 0.4) is 0 Å². The van der Waals surface area contributed by atoms with Crippen molar-refractivity contribution in [3.8, 4) is 0 Å². The third kappa shape index (κ3) is 5.17. The van der Waals surface area contributed by atoms with Gasteiger partial charge in [-0.25, -0.2) is 0 Å². The summed E-state index contributed by atoms with van der Waals surface area (Å²) in [5.41, 5.74) is 0.350. The Kier molecular flexibility index (Phi) is 6.55. The third-order valence-corrected chi connectivity index (χ3v) is 6.85. The number of hydrogen-bond acceptors (Lipinski definition) is 3. The van der Waals surface area contributed by atoms with Gasteiger partial charge in [-0.3, -0.25) is 0 Å². The molecule has 1 saturated heterocycles. The largest absolute Gasteiger partial charge is 0.393 e. The van der Waals surface area contributed by atoms with Crippen molar-refractivity contribution < 1.29 is 14.9 Å². The van der Waals surface area contributed by atoms with Gasteiger partial charge in [0.25, 0.3) is 0 Å². The second-order valence-corrected chi connectivity index (χ2v) is 9.07. The van der Waals surface area contributed by atoms with E-state index in [0.29, 0.717) is 23.4 Å². The minimum Gasteiger partial charge on any atom is -0.393 e. The molecule has 0 aromatic heterocycles. The fourth-order valence-electron chi connectivity index (χ4n) is 4.54. The van der Waals surface area contributed by atoms with E-state index in [1.54, 1.807) is 0 Å². The summed E-state index contributed by atoms with van der Waals surface area (Å²) >= 11 is 0. The van der Waals surface area contributed by atoms with Crippen LogP contribution < -0.4 is 0 Å². The highest BCUT2D eigenvalue weighted by atomic mass is 16.6. The average Bonchev–Trinajstić information content (AvgIpc) is 3.27. The Morgan fingerprint density at radius 2 is 1.13 bits per heavy atom. The second-order valence-electron chi connectivity index (χ2n) is 9.07. The first kappa shape index (κ1) is 19.2. The van der Waals surface area contributed by atoms with E-state index in [1.807, 2.05) is 0 Å². The molecule has 3 nitrogen and oxygen atoms in total. The Bertz CT molecular complexity index is 336. The Hall–Kier alpha value is -0.120. The monoisotopic (exact) mass is 326 g/mol. The Labute approximate surface area is 142 Å². The SMILES string of the molecule is CC1CC(C(C)(C)C2CCC(O)C(C)C2)CCC1O.CC1CO1. The van der Waals surface area contributed by atoms with Gasteiger partial charge >= 0.3 is 0 Å². The molecule has 2 saturated carbocycles. The van der Waals surface area contributed by atoms with Crippen molar-refractivity contribution in [2.45, 2.75) is 91.5 Å². The molecule has 0 spiro atoms. The molecule has 3 aliphatic rings. The minimum atomic E-state index is -0.0841. The summed E-state index contributed by atoms with van der Waals surface area (Å²) < 4.78 is 4.71. The molecule has 23 heavy (non-hydrogen) atoms. The molecule has 3 rings (SSSR count). The molecular formula is C20H38O3. The number of hydrogen-bond donors (Lipinski definition) is 2. The molecule has 0 aromatic carbocycles. The zero-order valence-electron chi connectivity index (χ0n) is 15.8. The molecule has 1 aliphatic heterocycles. The van der Waals surface area contributed by atoms with Crippen LogP contribution in [0.4, 0.5) is 0 Å². The van der Waals surface area contributed by atoms with E-state index in [9.17, 15) is 10.2 Å². The van der Waals surface area contributed by atoms with E-state index in [2.05, 4.69) is 34.6 Å². The molecule has 3 heteroatoms. The van der Waals surface area contributed by atoms with E-state index < -0.39 is 0 Å². The van der Waals surface area contributed by atoms with Gasteiger partial charge in [0.2, 0.25) is 0 Å². The summed E-state index contributed by atoms with van der Waals surface area (Å²) in [6.45, 7) is 12.3. The molecule has 136 valence electrons. The summed E-state index contributed by atoms with van der Waals surface area (Å²) in [7, 11) is 0. The van der Waals surface area contributed by atoms with Crippen LogP contribution in [-0.4, -0.2) is 35.1 Å². The highest BCUT2D eigenvalue weighted by Crippen LogP contribution is 2.50. The van der Waals surface area contributed by atoms with E-state index in [1.165, 1.54) is 25.7 Å². The standard InChI is InChI=1S/C17H32O2.C3H6O/c1-11-9-13(5-7-15(11)18)17(3,4)14-6-8-16(19)12(2)10-14;1-3-2-4-3/h11-16,18-19H,5-10H2,1-4H3;3H,2H2,1H3. The topological polar surface area (TPSA) is 53.0 Å². The zero-order valence-corrected chi connectivity index (χ0v) is 15.8.